The Labute approximate surface area is 188 Å². The summed E-state index contributed by atoms with van der Waals surface area (Å²) in [4.78, 5) is 29.8. The van der Waals surface area contributed by atoms with E-state index in [2.05, 4.69) is 10.3 Å². The van der Waals surface area contributed by atoms with Gasteiger partial charge in [0.25, 0.3) is 5.56 Å². The van der Waals surface area contributed by atoms with Crippen LogP contribution in [0.5, 0.6) is 0 Å². The molecule has 0 radical (unpaired) electrons. The first-order chi connectivity index (χ1) is 14.9. The average molecular weight is 478 g/mol. The Morgan fingerprint density at radius 1 is 1.16 bits per heavy atom. The second-order valence-corrected chi connectivity index (χ2v) is 8.70. The Balaban J connectivity index is 1.56. The molecule has 31 heavy (non-hydrogen) atoms. The van der Waals surface area contributed by atoms with Gasteiger partial charge in [-0.05, 0) is 41.3 Å². The third-order valence-corrected chi connectivity index (χ3v) is 6.47. The molecule has 0 unspecified atom stereocenters. The lowest BCUT2D eigenvalue weighted by molar-refractivity contribution is -0.118. The van der Waals surface area contributed by atoms with Crippen molar-refractivity contribution in [2.24, 2.45) is 0 Å². The van der Waals surface area contributed by atoms with Crippen LogP contribution >= 0.6 is 34.7 Å². The van der Waals surface area contributed by atoms with Crippen molar-refractivity contribution in [2.45, 2.75) is 11.7 Å². The van der Waals surface area contributed by atoms with Crippen LogP contribution < -0.4 is 10.9 Å². The van der Waals surface area contributed by atoms with E-state index in [0.29, 0.717) is 15.8 Å². The molecular weight excluding hydrogens is 464 g/mol. The van der Waals surface area contributed by atoms with E-state index in [-0.39, 0.29) is 34.1 Å². The van der Waals surface area contributed by atoms with Gasteiger partial charge in [-0.3, -0.25) is 14.2 Å². The van der Waals surface area contributed by atoms with Crippen LogP contribution in [0.1, 0.15) is 5.56 Å². The minimum absolute atomic E-state index is 0.0247. The fourth-order valence-electron chi connectivity index (χ4n) is 2.87. The van der Waals surface area contributed by atoms with E-state index >= 15 is 0 Å². The van der Waals surface area contributed by atoms with Gasteiger partial charge in [-0.2, -0.15) is 0 Å². The fraction of sp³-hybridized carbons (Fsp3) is 0.0952. The first-order valence-electron chi connectivity index (χ1n) is 9.02. The molecule has 5 nitrogen and oxygen atoms in total. The van der Waals surface area contributed by atoms with E-state index in [1.165, 1.54) is 52.3 Å². The Kier molecular flexibility index (Phi) is 6.35. The van der Waals surface area contributed by atoms with E-state index in [1.54, 1.807) is 17.5 Å². The van der Waals surface area contributed by atoms with Crippen LogP contribution in [0.15, 0.2) is 63.9 Å². The molecule has 0 saturated carbocycles. The van der Waals surface area contributed by atoms with Crippen molar-refractivity contribution >= 4 is 50.8 Å². The third-order valence-electron chi connectivity index (χ3n) is 4.35. The third kappa shape index (κ3) is 4.63. The number of para-hydroxylation sites is 1. The maximum Gasteiger partial charge on any atom is 0.276 e. The summed E-state index contributed by atoms with van der Waals surface area (Å²) in [5, 5.41) is 4.63. The topological polar surface area (TPSA) is 64.0 Å². The Morgan fingerprint density at radius 2 is 1.97 bits per heavy atom. The highest BCUT2D eigenvalue weighted by molar-refractivity contribution is 7.99. The van der Waals surface area contributed by atoms with Gasteiger partial charge in [0.15, 0.2) is 5.16 Å². The number of nitrogens with zero attached hydrogens (tertiary/aromatic N) is 2. The highest BCUT2D eigenvalue weighted by Crippen LogP contribution is 2.24. The molecule has 0 aliphatic rings. The maximum atomic E-state index is 14.4. The van der Waals surface area contributed by atoms with Gasteiger partial charge in [0, 0.05) is 6.54 Å². The second kappa shape index (κ2) is 9.17. The van der Waals surface area contributed by atoms with Crippen LogP contribution in [0.2, 0.25) is 5.02 Å². The summed E-state index contributed by atoms with van der Waals surface area (Å²) in [6.45, 7) is 0.163. The minimum atomic E-state index is -0.568. The predicted octanol–water partition coefficient (Wildman–Crippen LogP) is 4.79. The molecule has 0 atom stereocenters. The highest BCUT2D eigenvalue weighted by Gasteiger charge is 2.17. The fourth-order valence-corrected chi connectivity index (χ4v) is 4.66. The standard InChI is InChI=1S/C21H14ClF2N3O2S2/c22-13-9-12(5-6-14(13)23)10-25-18(28)11-31-21-26-16-7-8-30-19(16)20(29)27(21)17-4-2-1-3-15(17)24/h1-9H,10-11H2,(H,25,28). The number of carbonyl (C=O) groups excluding carboxylic acids is 1. The number of thiophene rings is 1. The number of aromatic nitrogens is 2. The number of hydrogen-bond donors (Lipinski definition) is 1. The number of rotatable bonds is 6. The number of carbonyl (C=O) groups is 1. The number of benzene rings is 2. The summed E-state index contributed by atoms with van der Waals surface area (Å²) >= 11 is 8.00. The van der Waals surface area contributed by atoms with Crippen molar-refractivity contribution in [1.29, 1.82) is 0 Å². The SMILES string of the molecule is O=C(CSc1nc2ccsc2c(=O)n1-c1ccccc1F)NCc1ccc(F)c(Cl)c1. The van der Waals surface area contributed by atoms with E-state index in [4.69, 9.17) is 11.6 Å². The smallest absolute Gasteiger partial charge is 0.276 e. The first kappa shape index (κ1) is 21.5. The number of thioether (sulfide) groups is 1. The summed E-state index contributed by atoms with van der Waals surface area (Å²) in [5.74, 6) is -1.48. The van der Waals surface area contributed by atoms with E-state index in [9.17, 15) is 18.4 Å². The summed E-state index contributed by atoms with van der Waals surface area (Å²) in [7, 11) is 0. The molecule has 158 valence electrons. The molecule has 0 aliphatic carbocycles. The molecule has 0 fully saturated rings. The molecule has 4 rings (SSSR count). The second-order valence-electron chi connectivity index (χ2n) is 6.44. The summed E-state index contributed by atoms with van der Waals surface area (Å²) < 4.78 is 29.3. The molecule has 4 aromatic rings. The van der Waals surface area contributed by atoms with Crippen molar-refractivity contribution in [1.82, 2.24) is 14.9 Å². The van der Waals surface area contributed by atoms with Crippen molar-refractivity contribution in [3.63, 3.8) is 0 Å². The molecule has 0 saturated heterocycles. The number of hydrogen-bond acceptors (Lipinski definition) is 5. The Hall–Kier alpha value is -2.75. The van der Waals surface area contributed by atoms with Gasteiger partial charge in [0.1, 0.15) is 16.3 Å². The summed E-state index contributed by atoms with van der Waals surface area (Å²) in [6.07, 6.45) is 0. The van der Waals surface area contributed by atoms with E-state index in [1.807, 2.05) is 0 Å². The lowest BCUT2D eigenvalue weighted by Crippen LogP contribution is -2.26. The molecule has 2 aromatic carbocycles. The first-order valence-corrected chi connectivity index (χ1v) is 11.3. The highest BCUT2D eigenvalue weighted by atomic mass is 35.5. The predicted molar refractivity (Wildman–Crippen MR) is 119 cm³/mol. The molecule has 2 heterocycles. The molecule has 1 N–H and O–H groups in total. The zero-order chi connectivity index (χ0) is 22.0. The zero-order valence-electron chi connectivity index (χ0n) is 15.8. The quantitative estimate of drug-likeness (QED) is 0.320. The minimum Gasteiger partial charge on any atom is -0.351 e. The van der Waals surface area contributed by atoms with Crippen LogP contribution in [0, 0.1) is 11.6 Å². The van der Waals surface area contributed by atoms with Gasteiger partial charge in [-0.25, -0.2) is 13.8 Å². The average Bonchev–Trinajstić information content (AvgIpc) is 3.23. The number of nitrogens with one attached hydrogen (secondary N) is 1. The van der Waals surface area contributed by atoms with Crippen molar-refractivity contribution in [3.05, 3.63) is 86.5 Å². The van der Waals surface area contributed by atoms with Crippen LogP contribution in [0.25, 0.3) is 15.9 Å². The lowest BCUT2D eigenvalue weighted by Gasteiger charge is -2.13. The van der Waals surface area contributed by atoms with E-state index < -0.39 is 17.2 Å². The van der Waals surface area contributed by atoms with Crippen molar-refractivity contribution in [3.8, 4) is 5.69 Å². The van der Waals surface area contributed by atoms with E-state index in [0.717, 1.165) is 11.8 Å². The van der Waals surface area contributed by atoms with Crippen molar-refractivity contribution in [2.75, 3.05) is 5.75 Å². The van der Waals surface area contributed by atoms with Crippen molar-refractivity contribution < 1.29 is 13.6 Å². The molecule has 1 amide bonds. The van der Waals surface area contributed by atoms with Gasteiger partial charge in [0.2, 0.25) is 5.91 Å². The van der Waals surface area contributed by atoms with Gasteiger partial charge in [0.05, 0.1) is 22.0 Å². The van der Waals surface area contributed by atoms with Gasteiger partial charge >= 0.3 is 0 Å². The Bertz CT molecular complexity index is 1340. The number of amides is 1. The molecule has 2 aromatic heterocycles. The molecule has 0 aliphatic heterocycles. The van der Waals surface area contributed by atoms with Gasteiger partial charge < -0.3 is 5.32 Å². The number of halogens is 3. The molecule has 10 heteroatoms. The summed E-state index contributed by atoms with van der Waals surface area (Å²) in [5.41, 5.74) is 0.811. The van der Waals surface area contributed by atoms with Crippen LogP contribution in [-0.2, 0) is 11.3 Å². The number of fused-ring (bicyclic) bond motifs is 1. The zero-order valence-corrected chi connectivity index (χ0v) is 18.2. The largest absolute Gasteiger partial charge is 0.351 e. The van der Waals surface area contributed by atoms with Gasteiger partial charge in [-0.1, -0.05) is 41.6 Å². The normalized spacial score (nSPS) is 11.1. The monoisotopic (exact) mass is 477 g/mol. The molecule has 0 spiro atoms. The molecule has 0 bridgehead atoms. The van der Waals surface area contributed by atoms with Crippen LogP contribution in [0.3, 0.4) is 0 Å². The van der Waals surface area contributed by atoms with Crippen LogP contribution in [-0.4, -0.2) is 21.2 Å². The maximum absolute atomic E-state index is 14.4. The lowest BCUT2D eigenvalue weighted by atomic mass is 10.2. The van der Waals surface area contributed by atoms with Gasteiger partial charge in [-0.15, -0.1) is 11.3 Å². The Morgan fingerprint density at radius 3 is 2.74 bits per heavy atom. The molecular formula is C21H14ClF2N3O2S2. The van der Waals surface area contributed by atoms with Crippen LogP contribution in [0.4, 0.5) is 8.78 Å². The summed E-state index contributed by atoms with van der Waals surface area (Å²) in [6, 6.07) is 11.8.